The zero-order valence-electron chi connectivity index (χ0n) is 11.0. The lowest BCUT2D eigenvalue weighted by Gasteiger charge is -2.00. The quantitative estimate of drug-likeness (QED) is 0.681. The first kappa shape index (κ1) is 14.2. The highest BCUT2D eigenvalue weighted by Gasteiger charge is 2.13. The molecule has 0 saturated heterocycles. The maximum Gasteiger partial charge on any atom is 0.315 e. The van der Waals surface area contributed by atoms with Crippen molar-refractivity contribution in [2.75, 3.05) is 5.75 Å². The van der Waals surface area contributed by atoms with E-state index in [0.717, 1.165) is 26.4 Å². The van der Waals surface area contributed by atoms with Gasteiger partial charge in [-0.3, -0.25) is 4.79 Å². The number of aromatic nitrogens is 2. The molecule has 0 aliphatic rings. The molecule has 0 spiro atoms. The van der Waals surface area contributed by atoms with Gasteiger partial charge in [-0.1, -0.05) is 15.9 Å². The maximum atomic E-state index is 11.8. The van der Waals surface area contributed by atoms with Crippen molar-refractivity contribution in [1.29, 1.82) is 0 Å². The lowest BCUT2D eigenvalue weighted by Crippen LogP contribution is -2.24. The molecule has 3 rings (SSSR count). The van der Waals surface area contributed by atoms with E-state index in [0.29, 0.717) is 12.3 Å². The topological polar surface area (TPSA) is 72.2 Å². The van der Waals surface area contributed by atoms with Gasteiger partial charge in [0.1, 0.15) is 5.76 Å². The molecule has 1 amide bonds. The fraction of sp³-hybridized carbons (Fsp3) is 0.143. The molecule has 0 saturated carbocycles. The van der Waals surface area contributed by atoms with Gasteiger partial charge in [0.2, 0.25) is 5.91 Å². The minimum Gasteiger partial charge on any atom is -0.467 e. The van der Waals surface area contributed by atoms with E-state index in [4.69, 9.17) is 4.42 Å². The molecule has 0 unspecified atom stereocenters. The predicted molar refractivity (Wildman–Crippen MR) is 83.8 cm³/mol. The molecule has 3 N–H and O–H groups in total. The molecule has 0 aliphatic heterocycles. The monoisotopic (exact) mass is 366 g/mol. The van der Waals surface area contributed by atoms with Crippen molar-refractivity contribution in [1.82, 2.24) is 10.3 Å². The minimum atomic E-state index is -0.0374. The van der Waals surface area contributed by atoms with E-state index in [-0.39, 0.29) is 5.91 Å². The standard InChI is InChI=1S/C14H12BrN3O2S/c15-9-3-4-11-12(6-9)18-14(17-11)21-8-13(19)16-7-10-2-1-5-20-10/h1-6H,7-8H2,(H,16,19)(H,17,18)/p+1. The number of amides is 1. The van der Waals surface area contributed by atoms with E-state index in [2.05, 4.69) is 31.2 Å². The Labute approximate surface area is 133 Å². The number of rotatable bonds is 5. The number of benzene rings is 1. The first-order valence-corrected chi connectivity index (χ1v) is 8.11. The van der Waals surface area contributed by atoms with Crippen LogP contribution in [0.2, 0.25) is 0 Å². The fourth-order valence-electron chi connectivity index (χ4n) is 1.86. The summed E-state index contributed by atoms with van der Waals surface area (Å²) in [7, 11) is 0. The van der Waals surface area contributed by atoms with Crippen LogP contribution in [0.3, 0.4) is 0 Å². The Balaban J connectivity index is 1.54. The van der Waals surface area contributed by atoms with Crippen LogP contribution in [0, 0.1) is 0 Å². The number of carbonyl (C=O) groups excluding carboxylic acids is 1. The van der Waals surface area contributed by atoms with Crippen molar-refractivity contribution in [2.45, 2.75) is 11.7 Å². The van der Waals surface area contributed by atoms with E-state index < -0.39 is 0 Å². The van der Waals surface area contributed by atoms with Gasteiger partial charge in [-0.2, -0.15) is 0 Å². The van der Waals surface area contributed by atoms with Gasteiger partial charge < -0.3 is 9.73 Å². The average Bonchev–Trinajstić information content (AvgIpc) is 3.11. The van der Waals surface area contributed by atoms with Crippen LogP contribution in [-0.4, -0.2) is 16.6 Å². The van der Waals surface area contributed by atoms with Gasteiger partial charge >= 0.3 is 5.16 Å². The number of hydrogen-bond acceptors (Lipinski definition) is 3. The smallest absolute Gasteiger partial charge is 0.315 e. The number of thioether (sulfide) groups is 1. The van der Waals surface area contributed by atoms with Gasteiger partial charge in [-0.25, -0.2) is 9.97 Å². The van der Waals surface area contributed by atoms with E-state index >= 15 is 0 Å². The summed E-state index contributed by atoms with van der Waals surface area (Å²) < 4.78 is 6.17. The Morgan fingerprint density at radius 2 is 2.33 bits per heavy atom. The second kappa shape index (κ2) is 6.36. The van der Waals surface area contributed by atoms with E-state index in [1.54, 1.807) is 12.3 Å². The molecule has 0 fully saturated rings. The number of imidazole rings is 1. The van der Waals surface area contributed by atoms with E-state index in [1.807, 2.05) is 24.3 Å². The van der Waals surface area contributed by atoms with Gasteiger partial charge in [0.05, 0.1) is 18.6 Å². The molecule has 1 aromatic carbocycles. The summed E-state index contributed by atoms with van der Waals surface area (Å²) in [5, 5.41) is 3.67. The number of halogens is 1. The highest BCUT2D eigenvalue weighted by atomic mass is 79.9. The molecule has 108 valence electrons. The van der Waals surface area contributed by atoms with Gasteiger partial charge in [-0.15, -0.1) is 0 Å². The maximum absolute atomic E-state index is 11.8. The van der Waals surface area contributed by atoms with Crippen LogP contribution in [0.25, 0.3) is 11.0 Å². The highest BCUT2D eigenvalue weighted by Crippen LogP contribution is 2.19. The van der Waals surface area contributed by atoms with Crippen LogP contribution in [0.4, 0.5) is 0 Å². The summed E-state index contributed by atoms with van der Waals surface area (Å²) in [4.78, 5) is 18.2. The number of aromatic amines is 2. The molecular formula is C14H13BrN3O2S+. The SMILES string of the molecule is O=C(CSc1[nH]c2cc(Br)ccc2[nH+]1)NCc1ccco1. The van der Waals surface area contributed by atoms with Crippen LogP contribution in [0.1, 0.15) is 5.76 Å². The summed E-state index contributed by atoms with van der Waals surface area (Å²) >= 11 is 4.86. The second-order valence-corrected chi connectivity index (χ2v) is 6.32. The third kappa shape index (κ3) is 3.68. The van der Waals surface area contributed by atoms with Gasteiger partial charge in [0.25, 0.3) is 0 Å². The third-order valence-electron chi connectivity index (χ3n) is 2.87. The largest absolute Gasteiger partial charge is 0.467 e. The van der Waals surface area contributed by atoms with E-state index in [9.17, 15) is 4.79 Å². The summed E-state index contributed by atoms with van der Waals surface area (Å²) in [6.45, 7) is 0.412. The first-order valence-electron chi connectivity index (χ1n) is 6.33. The number of carbonyl (C=O) groups is 1. The molecule has 0 radical (unpaired) electrons. The number of hydrogen-bond donors (Lipinski definition) is 2. The van der Waals surface area contributed by atoms with Gasteiger partial charge in [0, 0.05) is 10.5 Å². The van der Waals surface area contributed by atoms with Crippen LogP contribution < -0.4 is 10.3 Å². The van der Waals surface area contributed by atoms with Crippen molar-refractivity contribution in [3.63, 3.8) is 0 Å². The molecule has 2 heterocycles. The van der Waals surface area contributed by atoms with Gasteiger partial charge in [-0.05, 0) is 36.0 Å². The Hall–Kier alpha value is -1.73. The number of nitrogens with one attached hydrogen (secondary N) is 3. The predicted octanol–water partition coefficient (Wildman–Crippen LogP) is 2.75. The van der Waals surface area contributed by atoms with Crippen molar-refractivity contribution in [3.05, 3.63) is 46.8 Å². The van der Waals surface area contributed by atoms with Crippen LogP contribution in [-0.2, 0) is 11.3 Å². The Morgan fingerprint density at radius 3 is 3.14 bits per heavy atom. The third-order valence-corrected chi connectivity index (χ3v) is 4.26. The molecule has 7 heteroatoms. The second-order valence-electron chi connectivity index (χ2n) is 4.41. The number of furan rings is 1. The molecule has 21 heavy (non-hydrogen) atoms. The van der Waals surface area contributed by atoms with E-state index in [1.165, 1.54) is 11.8 Å². The molecule has 0 bridgehead atoms. The fourth-order valence-corrected chi connectivity index (χ4v) is 2.97. The lowest BCUT2D eigenvalue weighted by molar-refractivity contribution is -0.396. The van der Waals surface area contributed by atoms with Crippen molar-refractivity contribution in [3.8, 4) is 0 Å². The zero-order chi connectivity index (χ0) is 14.7. The Kier molecular flexibility index (Phi) is 4.31. The highest BCUT2D eigenvalue weighted by molar-refractivity contribution is 9.10. The molecular weight excluding hydrogens is 354 g/mol. The van der Waals surface area contributed by atoms with Crippen LogP contribution in [0.5, 0.6) is 0 Å². The lowest BCUT2D eigenvalue weighted by atomic mass is 10.3. The minimum absolute atomic E-state index is 0.0374. The Morgan fingerprint density at radius 1 is 1.43 bits per heavy atom. The molecule has 2 aromatic heterocycles. The summed E-state index contributed by atoms with van der Waals surface area (Å²) in [6, 6.07) is 9.57. The summed E-state index contributed by atoms with van der Waals surface area (Å²) in [5.41, 5.74) is 2.01. The zero-order valence-corrected chi connectivity index (χ0v) is 13.4. The molecule has 5 nitrogen and oxygen atoms in total. The molecule has 0 atom stereocenters. The van der Waals surface area contributed by atoms with Gasteiger partial charge in [0.15, 0.2) is 11.0 Å². The van der Waals surface area contributed by atoms with Crippen LogP contribution in [0.15, 0.2) is 50.6 Å². The number of fused-ring (bicyclic) bond motifs is 1. The van der Waals surface area contributed by atoms with Crippen molar-refractivity contribution < 1.29 is 14.2 Å². The Bertz CT molecular complexity index is 755. The molecule has 0 aliphatic carbocycles. The number of H-pyrrole nitrogens is 2. The summed E-state index contributed by atoms with van der Waals surface area (Å²) in [6.07, 6.45) is 1.59. The van der Waals surface area contributed by atoms with Crippen molar-refractivity contribution >= 4 is 44.6 Å². The summed E-state index contributed by atoms with van der Waals surface area (Å²) in [5.74, 6) is 1.05. The normalized spacial score (nSPS) is 10.9. The molecule has 3 aromatic rings. The van der Waals surface area contributed by atoms with Crippen molar-refractivity contribution in [2.24, 2.45) is 0 Å². The first-order chi connectivity index (χ1) is 10.2. The average molecular weight is 367 g/mol. The van der Waals surface area contributed by atoms with Crippen LogP contribution >= 0.6 is 27.7 Å².